The number of benzene rings is 3. The quantitative estimate of drug-likeness (QED) is 0.108. The maximum Gasteiger partial charge on any atom is 0.197 e. The molecule has 7 heteroatoms. The minimum Gasteiger partial charge on any atom is -0.496 e. The largest absolute Gasteiger partial charge is 0.496 e. The molecule has 0 saturated heterocycles. The van der Waals surface area contributed by atoms with Gasteiger partial charge in [-0.1, -0.05) is 46.8 Å². The predicted octanol–water partition coefficient (Wildman–Crippen LogP) is 8.15. The normalized spacial score (nSPS) is 13.0. The average Bonchev–Trinajstić information content (AvgIpc) is 2.90. The molecule has 4 rings (SSSR count). The van der Waals surface area contributed by atoms with E-state index in [0.29, 0.717) is 16.7 Å². The fraction of sp³-hybridized carbons (Fsp3) is 0.424. The summed E-state index contributed by atoms with van der Waals surface area (Å²) in [5.74, 6) is 3.20. The van der Waals surface area contributed by atoms with Crippen molar-refractivity contribution in [2.45, 2.75) is 70.7 Å². The Morgan fingerprint density at radius 3 is 2.10 bits per heavy atom. The minimum absolute atomic E-state index is 0.0411. The van der Waals surface area contributed by atoms with Crippen LogP contribution in [0.1, 0.15) is 58.4 Å². The lowest BCUT2D eigenvalue weighted by molar-refractivity contribution is 0.184. The number of thioether (sulfide) groups is 1. The number of hydrogen-bond acceptors (Lipinski definition) is 5. The van der Waals surface area contributed by atoms with E-state index in [9.17, 15) is 4.79 Å². The summed E-state index contributed by atoms with van der Waals surface area (Å²) in [5, 5.41) is 1.37. The van der Waals surface area contributed by atoms with Crippen molar-refractivity contribution in [2.75, 3.05) is 20.0 Å². The number of para-hydroxylation sites is 1. The highest BCUT2D eigenvalue weighted by atomic mass is 32.2. The van der Waals surface area contributed by atoms with Crippen molar-refractivity contribution in [1.29, 1.82) is 0 Å². The van der Waals surface area contributed by atoms with Crippen molar-refractivity contribution in [1.82, 2.24) is 4.57 Å². The molecule has 0 aliphatic heterocycles. The van der Waals surface area contributed by atoms with Gasteiger partial charge in [0.2, 0.25) is 0 Å². The van der Waals surface area contributed by atoms with Gasteiger partial charge >= 0.3 is 0 Å². The number of fused-ring (bicyclic) bond motifs is 2. The SMILES string of the molecule is COc1cc(C(O[SiH](C)C)n2c3ccccc3c(=O)c3ccc(SCCC(C)C)cc32)cc(OC)c1C(C)(C)C. The van der Waals surface area contributed by atoms with Gasteiger partial charge in [-0.05, 0) is 79.1 Å². The monoisotopic (exact) mass is 577 g/mol. The first-order chi connectivity index (χ1) is 19.0. The Morgan fingerprint density at radius 1 is 0.900 bits per heavy atom. The number of methoxy groups -OCH3 is 2. The first kappa shape index (κ1) is 30.2. The second-order valence-corrected chi connectivity index (χ2v) is 15.6. The maximum absolute atomic E-state index is 13.7. The molecule has 5 nitrogen and oxygen atoms in total. The summed E-state index contributed by atoms with van der Waals surface area (Å²) in [6.45, 7) is 15.3. The molecule has 4 aromatic rings. The van der Waals surface area contributed by atoms with Crippen LogP contribution in [0.3, 0.4) is 0 Å². The average molecular weight is 578 g/mol. The molecule has 0 saturated carbocycles. The Morgan fingerprint density at radius 2 is 1.52 bits per heavy atom. The summed E-state index contributed by atoms with van der Waals surface area (Å²) < 4.78 is 20.9. The van der Waals surface area contributed by atoms with Gasteiger partial charge < -0.3 is 18.5 Å². The Hall–Kier alpha value is -2.74. The Balaban J connectivity index is 2.05. The molecular weight excluding hydrogens is 535 g/mol. The van der Waals surface area contributed by atoms with Gasteiger partial charge in [0.05, 0.1) is 25.3 Å². The van der Waals surface area contributed by atoms with Crippen LogP contribution in [0.2, 0.25) is 13.1 Å². The van der Waals surface area contributed by atoms with Crippen molar-refractivity contribution in [2.24, 2.45) is 5.92 Å². The van der Waals surface area contributed by atoms with Crippen molar-refractivity contribution >= 4 is 42.6 Å². The van der Waals surface area contributed by atoms with Crippen LogP contribution >= 0.6 is 11.8 Å². The molecule has 0 bridgehead atoms. The van der Waals surface area contributed by atoms with E-state index in [0.717, 1.165) is 50.7 Å². The van der Waals surface area contributed by atoms with E-state index in [-0.39, 0.29) is 10.8 Å². The summed E-state index contributed by atoms with van der Waals surface area (Å²) >= 11 is 1.83. The molecule has 40 heavy (non-hydrogen) atoms. The van der Waals surface area contributed by atoms with Crippen LogP contribution in [0.4, 0.5) is 0 Å². The fourth-order valence-electron chi connectivity index (χ4n) is 5.17. The highest BCUT2D eigenvalue weighted by Gasteiger charge is 2.29. The summed E-state index contributed by atoms with van der Waals surface area (Å²) in [6, 6.07) is 18.2. The lowest BCUT2D eigenvalue weighted by Crippen LogP contribution is -2.24. The number of pyridine rings is 1. The van der Waals surface area contributed by atoms with E-state index in [4.69, 9.17) is 13.9 Å². The standard InChI is InChI=1S/C33H43NO4SSi/c1-21(2)16-17-39-23-14-15-25-27(20-23)34(26-13-11-10-12-24(26)31(25)35)32(38-40(8)9)22-18-28(36-6)30(33(3,4)5)29(19-22)37-7/h10-15,18-21,32,40H,16-17H2,1-9H3. The van der Waals surface area contributed by atoms with Crippen LogP contribution in [0.5, 0.6) is 11.5 Å². The molecule has 0 amide bonds. The molecular formula is C33H43NO4SSi. The zero-order valence-electron chi connectivity index (χ0n) is 25.3. The molecule has 214 valence electrons. The van der Waals surface area contributed by atoms with Gasteiger partial charge in [-0.25, -0.2) is 0 Å². The van der Waals surface area contributed by atoms with Gasteiger partial charge in [-0.3, -0.25) is 4.79 Å². The molecule has 0 spiro atoms. The van der Waals surface area contributed by atoms with E-state index in [1.165, 1.54) is 0 Å². The highest BCUT2D eigenvalue weighted by Crippen LogP contribution is 2.42. The minimum atomic E-state index is -1.56. The van der Waals surface area contributed by atoms with Crippen molar-refractivity contribution in [3.8, 4) is 11.5 Å². The van der Waals surface area contributed by atoms with Crippen molar-refractivity contribution in [3.63, 3.8) is 0 Å². The van der Waals surface area contributed by atoms with Crippen LogP contribution in [-0.4, -0.2) is 33.6 Å². The zero-order chi connectivity index (χ0) is 29.2. The second-order valence-electron chi connectivity index (χ2n) is 12.0. The third-order valence-electron chi connectivity index (χ3n) is 7.04. The van der Waals surface area contributed by atoms with Crippen LogP contribution in [0.15, 0.2) is 64.3 Å². The molecule has 0 radical (unpaired) electrons. The molecule has 3 aromatic carbocycles. The second kappa shape index (κ2) is 12.4. The summed E-state index contributed by atoms with van der Waals surface area (Å²) in [5.41, 5.74) is 3.52. The van der Waals surface area contributed by atoms with Crippen LogP contribution in [0, 0.1) is 5.92 Å². The third-order valence-corrected chi connectivity index (χ3v) is 8.87. The smallest absolute Gasteiger partial charge is 0.197 e. The predicted molar refractivity (Wildman–Crippen MR) is 172 cm³/mol. The third kappa shape index (κ3) is 6.27. The highest BCUT2D eigenvalue weighted by molar-refractivity contribution is 7.99. The molecule has 1 aromatic heterocycles. The first-order valence-electron chi connectivity index (χ1n) is 14.1. The number of nitrogens with zero attached hydrogens (tertiary/aromatic N) is 1. The molecule has 1 atom stereocenters. The number of ether oxygens (including phenoxy) is 2. The lowest BCUT2D eigenvalue weighted by atomic mass is 9.84. The summed E-state index contributed by atoms with van der Waals surface area (Å²) in [7, 11) is 1.84. The van der Waals surface area contributed by atoms with Crippen LogP contribution < -0.4 is 14.9 Å². The van der Waals surface area contributed by atoms with Gasteiger partial charge in [0.1, 0.15) is 11.5 Å². The summed E-state index contributed by atoms with van der Waals surface area (Å²) in [6.07, 6.45) is 0.671. The molecule has 1 heterocycles. The van der Waals surface area contributed by atoms with E-state index in [2.05, 4.69) is 76.5 Å². The number of aromatic nitrogens is 1. The Kier molecular flexibility index (Phi) is 9.38. The van der Waals surface area contributed by atoms with Gasteiger partial charge in [0, 0.05) is 26.8 Å². The van der Waals surface area contributed by atoms with Gasteiger partial charge in [-0.2, -0.15) is 0 Å². The van der Waals surface area contributed by atoms with Crippen LogP contribution in [-0.2, 0) is 9.84 Å². The molecule has 0 aliphatic rings. The lowest BCUT2D eigenvalue weighted by Gasteiger charge is -2.30. The molecule has 0 aliphatic carbocycles. The number of rotatable bonds is 10. The van der Waals surface area contributed by atoms with Gasteiger partial charge in [0.15, 0.2) is 20.7 Å². The van der Waals surface area contributed by atoms with E-state index in [1.807, 2.05) is 42.1 Å². The molecule has 0 N–H and O–H groups in total. The van der Waals surface area contributed by atoms with E-state index >= 15 is 0 Å². The Bertz CT molecular complexity index is 1530. The fourth-order valence-corrected chi connectivity index (χ4v) is 7.15. The molecule has 1 unspecified atom stereocenters. The van der Waals surface area contributed by atoms with Crippen molar-refractivity contribution < 1.29 is 13.9 Å². The zero-order valence-corrected chi connectivity index (χ0v) is 27.3. The van der Waals surface area contributed by atoms with E-state index in [1.54, 1.807) is 14.2 Å². The first-order valence-corrected chi connectivity index (χ1v) is 17.8. The number of hydrogen-bond donors (Lipinski definition) is 0. The van der Waals surface area contributed by atoms with Crippen molar-refractivity contribution in [3.05, 3.63) is 75.9 Å². The Labute approximate surface area is 244 Å². The molecule has 0 fully saturated rings. The van der Waals surface area contributed by atoms with Crippen LogP contribution in [0.25, 0.3) is 21.8 Å². The van der Waals surface area contributed by atoms with Gasteiger partial charge in [0.25, 0.3) is 0 Å². The topological polar surface area (TPSA) is 49.7 Å². The maximum atomic E-state index is 13.7. The van der Waals surface area contributed by atoms with E-state index < -0.39 is 15.3 Å². The van der Waals surface area contributed by atoms with Gasteiger partial charge in [-0.15, -0.1) is 11.8 Å². The summed E-state index contributed by atoms with van der Waals surface area (Å²) in [4.78, 5) is 14.8.